The number of aromatic nitrogens is 3. The average Bonchev–Trinajstić information content (AvgIpc) is 3.12. The molecule has 0 saturated heterocycles. The molecule has 0 radical (unpaired) electrons. The third-order valence-corrected chi connectivity index (χ3v) is 4.49. The standard InChI is InChI=1S/C22H20N4O/c27-22(17-26-21-14-8-7-13-20(21)23-24-26)25(15-18-9-3-1-4-10-18)16-19-11-5-2-6-12-19/h1-14H,15-17H2. The summed E-state index contributed by atoms with van der Waals surface area (Å²) in [6.07, 6.45) is 0. The lowest BCUT2D eigenvalue weighted by molar-refractivity contribution is -0.133. The van der Waals surface area contributed by atoms with Gasteiger partial charge in [-0.3, -0.25) is 4.79 Å². The van der Waals surface area contributed by atoms with Crippen LogP contribution in [-0.4, -0.2) is 25.8 Å². The maximum Gasteiger partial charge on any atom is 0.244 e. The number of amides is 1. The van der Waals surface area contributed by atoms with Gasteiger partial charge in [0.2, 0.25) is 5.91 Å². The van der Waals surface area contributed by atoms with E-state index in [0.29, 0.717) is 13.1 Å². The second-order valence-electron chi connectivity index (χ2n) is 6.46. The molecule has 1 heterocycles. The van der Waals surface area contributed by atoms with E-state index in [9.17, 15) is 4.79 Å². The number of fused-ring (bicyclic) bond motifs is 1. The van der Waals surface area contributed by atoms with Crippen LogP contribution in [0.25, 0.3) is 11.0 Å². The van der Waals surface area contributed by atoms with Crippen molar-refractivity contribution >= 4 is 16.9 Å². The Morgan fingerprint density at radius 2 is 1.33 bits per heavy atom. The molecule has 0 fully saturated rings. The minimum absolute atomic E-state index is 0.0124. The van der Waals surface area contributed by atoms with E-state index in [1.54, 1.807) is 4.68 Å². The van der Waals surface area contributed by atoms with E-state index < -0.39 is 0 Å². The van der Waals surface area contributed by atoms with E-state index in [4.69, 9.17) is 0 Å². The number of nitrogens with zero attached hydrogens (tertiary/aromatic N) is 4. The molecule has 0 saturated carbocycles. The summed E-state index contributed by atoms with van der Waals surface area (Å²) in [6, 6.07) is 27.8. The fourth-order valence-corrected chi connectivity index (χ4v) is 3.10. The zero-order valence-corrected chi connectivity index (χ0v) is 14.9. The molecule has 4 rings (SSSR count). The van der Waals surface area contributed by atoms with Gasteiger partial charge in [-0.05, 0) is 23.3 Å². The molecule has 4 aromatic rings. The third kappa shape index (κ3) is 4.03. The van der Waals surface area contributed by atoms with Crippen molar-refractivity contribution in [1.82, 2.24) is 19.9 Å². The average molecular weight is 356 g/mol. The van der Waals surface area contributed by atoms with Gasteiger partial charge in [-0.1, -0.05) is 78.0 Å². The van der Waals surface area contributed by atoms with Crippen molar-refractivity contribution in [3.8, 4) is 0 Å². The molecular formula is C22H20N4O. The van der Waals surface area contributed by atoms with Crippen LogP contribution in [0.15, 0.2) is 84.9 Å². The lowest BCUT2D eigenvalue weighted by atomic mass is 10.1. The van der Waals surface area contributed by atoms with Crippen molar-refractivity contribution in [3.63, 3.8) is 0 Å². The molecule has 5 heteroatoms. The summed E-state index contributed by atoms with van der Waals surface area (Å²) in [6.45, 7) is 1.28. The first-order chi connectivity index (χ1) is 13.3. The minimum atomic E-state index is 0.0124. The first kappa shape index (κ1) is 17.0. The summed E-state index contributed by atoms with van der Waals surface area (Å²) in [5, 5.41) is 8.29. The topological polar surface area (TPSA) is 51.0 Å². The fourth-order valence-electron chi connectivity index (χ4n) is 3.10. The number of benzene rings is 3. The first-order valence-corrected chi connectivity index (χ1v) is 8.93. The summed E-state index contributed by atoms with van der Waals surface area (Å²) >= 11 is 0. The fraction of sp³-hybridized carbons (Fsp3) is 0.136. The molecule has 0 aliphatic carbocycles. The number of carbonyl (C=O) groups excluding carboxylic acids is 1. The van der Waals surface area contributed by atoms with Crippen LogP contribution in [0, 0.1) is 0 Å². The Bertz CT molecular complexity index is 986. The number of hydrogen-bond acceptors (Lipinski definition) is 3. The van der Waals surface area contributed by atoms with E-state index in [0.717, 1.165) is 22.2 Å². The molecule has 0 bridgehead atoms. The van der Waals surface area contributed by atoms with E-state index in [1.165, 1.54) is 0 Å². The number of para-hydroxylation sites is 1. The zero-order chi connectivity index (χ0) is 18.5. The van der Waals surface area contributed by atoms with Crippen LogP contribution in [0.5, 0.6) is 0 Å². The Morgan fingerprint density at radius 3 is 1.96 bits per heavy atom. The molecule has 1 aromatic heterocycles. The van der Waals surface area contributed by atoms with Crippen molar-refractivity contribution in [2.75, 3.05) is 0 Å². The zero-order valence-electron chi connectivity index (χ0n) is 14.9. The predicted molar refractivity (Wildman–Crippen MR) is 105 cm³/mol. The smallest absolute Gasteiger partial charge is 0.244 e. The summed E-state index contributed by atoms with van der Waals surface area (Å²) in [4.78, 5) is 15.0. The summed E-state index contributed by atoms with van der Waals surface area (Å²) in [7, 11) is 0. The SMILES string of the molecule is O=C(Cn1nnc2ccccc21)N(Cc1ccccc1)Cc1ccccc1. The highest BCUT2D eigenvalue weighted by Crippen LogP contribution is 2.13. The van der Waals surface area contributed by atoms with Crippen molar-refractivity contribution < 1.29 is 4.79 Å². The maximum absolute atomic E-state index is 13.1. The Labute approximate surface area is 157 Å². The van der Waals surface area contributed by atoms with Gasteiger partial charge in [-0.15, -0.1) is 5.10 Å². The predicted octanol–water partition coefficient (Wildman–Crippen LogP) is 3.66. The molecule has 134 valence electrons. The molecule has 0 aliphatic heterocycles. The second kappa shape index (κ2) is 7.83. The van der Waals surface area contributed by atoms with Crippen LogP contribution in [0.4, 0.5) is 0 Å². The van der Waals surface area contributed by atoms with Gasteiger partial charge in [0, 0.05) is 13.1 Å². The van der Waals surface area contributed by atoms with Crippen molar-refractivity contribution in [2.24, 2.45) is 0 Å². The van der Waals surface area contributed by atoms with Gasteiger partial charge in [0.1, 0.15) is 12.1 Å². The van der Waals surface area contributed by atoms with E-state index >= 15 is 0 Å². The van der Waals surface area contributed by atoms with Gasteiger partial charge in [-0.25, -0.2) is 4.68 Å². The highest BCUT2D eigenvalue weighted by Gasteiger charge is 2.17. The number of hydrogen-bond donors (Lipinski definition) is 0. The van der Waals surface area contributed by atoms with E-state index in [2.05, 4.69) is 10.3 Å². The highest BCUT2D eigenvalue weighted by molar-refractivity contribution is 5.79. The highest BCUT2D eigenvalue weighted by atomic mass is 16.2. The largest absolute Gasteiger partial charge is 0.332 e. The summed E-state index contributed by atoms with van der Waals surface area (Å²) < 4.78 is 1.67. The number of rotatable bonds is 6. The van der Waals surface area contributed by atoms with Gasteiger partial charge < -0.3 is 4.90 Å². The van der Waals surface area contributed by atoms with E-state index in [1.807, 2.05) is 89.8 Å². The summed E-state index contributed by atoms with van der Waals surface area (Å²) in [5.41, 5.74) is 3.86. The Balaban J connectivity index is 1.57. The molecule has 0 N–H and O–H groups in total. The lowest BCUT2D eigenvalue weighted by Gasteiger charge is -2.23. The van der Waals surface area contributed by atoms with Crippen LogP contribution in [-0.2, 0) is 24.4 Å². The Hall–Kier alpha value is -3.47. The molecule has 0 spiro atoms. The lowest BCUT2D eigenvalue weighted by Crippen LogP contribution is -2.33. The van der Waals surface area contributed by atoms with Crippen LogP contribution in [0.1, 0.15) is 11.1 Å². The first-order valence-electron chi connectivity index (χ1n) is 8.93. The Morgan fingerprint density at radius 1 is 0.778 bits per heavy atom. The molecule has 5 nitrogen and oxygen atoms in total. The van der Waals surface area contributed by atoms with Crippen LogP contribution in [0.3, 0.4) is 0 Å². The molecule has 27 heavy (non-hydrogen) atoms. The molecule has 1 amide bonds. The van der Waals surface area contributed by atoms with E-state index in [-0.39, 0.29) is 12.5 Å². The van der Waals surface area contributed by atoms with Gasteiger partial charge in [-0.2, -0.15) is 0 Å². The third-order valence-electron chi connectivity index (χ3n) is 4.49. The van der Waals surface area contributed by atoms with Gasteiger partial charge >= 0.3 is 0 Å². The molecule has 0 unspecified atom stereocenters. The summed E-state index contributed by atoms with van der Waals surface area (Å²) in [5.74, 6) is 0.0124. The molecule has 0 atom stereocenters. The van der Waals surface area contributed by atoms with Crippen molar-refractivity contribution in [2.45, 2.75) is 19.6 Å². The quantitative estimate of drug-likeness (QED) is 0.530. The molecular weight excluding hydrogens is 336 g/mol. The van der Waals surface area contributed by atoms with Crippen LogP contribution >= 0.6 is 0 Å². The van der Waals surface area contributed by atoms with Crippen molar-refractivity contribution in [1.29, 1.82) is 0 Å². The monoisotopic (exact) mass is 356 g/mol. The van der Waals surface area contributed by atoms with Crippen molar-refractivity contribution in [3.05, 3.63) is 96.1 Å². The Kier molecular flexibility index (Phi) is 4.92. The second-order valence-corrected chi connectivity index (χ2v) is 6.46. The van der Waals surface area contributed by atoms with Crippen LogP contribution in [0.2, 0.25) is 0 Å². The van der Waals surface area contributed by atoms with Crippen LogP contribution < -0.4 is 0 Å². The van der Waals surface area contributed by atoms with Gasteiger partial charge in [0.25, 0.3) is 0 Å². The molecule has 0 aliphatic rings. The molecule has 3 aromatic carbocycles. The van der Waals surface area contributed by atoms with Gasteiger partial charge in [0.15, 0.2) is 0 Å². The number of carbonyl (C=O) groups is 1. The minimum Gasteiger partial charge on any atom is -0.332 e. The normalized spacial score (nSPS) is 10.8. The maximum atomic E-state index is 13.1. The van der Waals surface area contributed by atoms with Gasteiger partial charge in [0.05, 0.1) is 5.52 Å².